The SMILES string of the molecule is O=[N+]([O-])c1ccc(O)c(/C=N/Nc2nnc3c4ccccc4n(Cc4ccccc4)c3n2)c1. The predicted molar refractivity (Wildman–Crippen MR) is 124 cm³/mol. The lowest BCUT2D eigenvalue weighted by atomic mass is 10.2. The number of non-ortho nitro benzene ring substituents is 1. The van der Waals surface area contributed by atoms with E-state index in [-0.39, 0.29) is 22.9 Å². The van der Waals surface area contributed by atoms with Gasteiger partial charge in [0.25, 0.3) is 11.6 Å². The van der Waals surface area contributed by atoms with Gasteiger partial charge in [0.2, 0.25) is 0 Å². The second kappa shape index (κ2) is 8.35. The van der Waals surface area contributed by atoms with E-state index in [0.29, 0.717) is 17.7 Å². The molecule has 2 heterocycles. The molecule has 2 aromatic heterocycles. The number of aromatic nitrogens is 4. The van der Waals surface area contributed by atoms with Crippen LogP contribution in [0.1, 0.15) is 11.1 Å². The zero-order chi connectivity index (χ0) is 22.8. The molecule has 0 bridgehead atoms. The Balaban J connectivity index is 1.50. The first-order valence-corrected chi connectivity index (χ1v) is 10.0. The van der Waals surface area contributed by atoms with Gasteiger partial charge >= 0.3 is 0 Å². The summed E-state index contributed by atoms with van der Waals surface area (Å²) in [5.41, 5.74) is 6.14. The van der Waals surface area contributed by atoms with E-state index in [4.69, 9.17) is 0 Å². The smallest absolute Gasteiger partial charge is 0.270 e. The predicted octanol–water partition coefficient (Wildman–Crippen LogP) is 4.09. The Morgan fingerprint density at radius 3 is 2.67 bits per heavy atom. The lowest BCUT2D eigenvalue weighted by molar-refractivity contribution is -0.384. The number of nitrogens with one attached hydrogen (secondary N) is 1. The van der Waals surface area contributed by atoms with Gasteiger partial charge < -0.3 is 9.67 Å². The van der Waals surface area contributed by atoms with Crippen molar-refractivity contribution < 1.29 is 10.0 Å². The van der Waals surface area contributed by atoms with Crippen LogP contribution in [0.15, 0.2) is 77.9 Å². The fourth-order valence-electron chi connectivity index (χ4n) is 3.60. The number of hydrogen-bond acceptors (Lipinski definition) is 8. The minimum atomic E-state index is -0.545. The van der Waals surface area contributed by atoms with Crippen molar-refractivity contribution in [3.05, 3.63) is 94.0 Å². The molecule has 10 nitrogen and oxygen atoms in total. The van der Waals surface area contributed by atoms with Crippen molar-refractivity contribution in [2.24, 2.45) is 5.10 Å². The maximum absolute atomic E-state index is 11.0. The maximum atomic E-state index is 11.0. The largest absolute Gasteiger partial charge is 0.507 e. The number of benzene rings is 3. The fourth-order valence-corrected chi connectivity index (χ4v) is 3.60. The summed E-state index contributed by atoms with van der Waals surface area (Å²) >= 11 is 0. The van der Waals surface area contributed by atoms with Crippen LogP contribution in [0.5, 0.6) is 5.75 Å². The van der Waals surface area contributed by atoms with E-state index >= 15 is 0 Å². The molecular formula is C23H17N7O3. The van der Waals surface area contributed by atoms with Gasteiger partial charge in [-0.25, -0.2) is 5.43 Å². The van der Waals surface area contributed by atoms with Crippen molar-refractivity contribution in [3.63, 3.8) is 0 Å². The number of nitro groups is 1. The lowest BCUT2D eigenvalue weighted by Crippen LogP contribution is -2.04. The normalized spacial score (nSPS) is 11.4. The summed E-state index contributed by atoms with van der Waals surface area (Å²) in [6.07, 6.45) is 1.26. The van der Waals surface area contributed by atoms with Crippen molar-refractivity contribution in [2.75, 3.05) is 5.43 Å². The molecule has 0 saturated carbocycles. The Morgan fingerprint density at radius 1 is 1.06 bits per heavy atom. The van der Waals surface area contributed by atoms with Gasteiger partial charge in [0, 0.05) is 29.6 Å². The molecule has 0 aliphatic carbocycles. The summed E-state index contributed by atoms with van der Waals surface area (Å²) in [6, 6.07) is 21.6. The Bertz CT molecular complexity index is 1510. The highest BCUT2D eigenvalue weighted by molar-refractivity contribution is 6.04. The minimum absolute atomic E-state index is 0.136. The molecule has 2 N–H and O–H groups in total. The van der Waals surface area contributed by atoms with E-state index in [2.05, 4.69) is 30.3 Å². The average molecular weight is 439 g/mol. The fraction of sp³-hybridized carbons (Fsp3) is 0.0435. The standard InChI is InChI=1S/C23H17N7O3/c31-20-11-10-17(30(32)33)12-16(20)13-24-27-23-25-22-21(26-28-23)18-8-4-5-9-19(18)29(22)14-15-6-2-1-3-7-15/h1-13,31H,14H2,(H,25,27,28)/b24-13+. The van der Waals surface area contributed by atoms with Gasteiger partial charge in [-0.2, -0.15) is 10.1 Å². The van der Waals surface area contributed by atoms with Crippen LogP contribution < -0.4 is 5.43 Å². The molecule has 0 unspecified atom stereocenters. The molecule has 0 spiro atoms. The number of nitrogens with zero attached hydrogens (tertiary/aromatic N) is 6. The number of rotatable bonds is 6. The third kappa shape index (κ3) is 3.92. The third-order valence-electron chi connectivity index (χ3n) is 5.15. The van der Waals surface area contributed by atoms with Gasteiger partial charge in [-0.05, 0) is 17.7 Å². The molecule has 0 atom stereocenters. The molecule has 0 radical (unpaired) electrons. The van der Waals surface area contributed by atoms with Crippen LogP contribution in [0.25, 0.3) is 22.1 Å². The first-order chi connectivity index (χ1) is 16.1. The highest BCUT2D eigenvalue weighted by Crippen LogP contribution is 2.27. The van der Waals surface area contributed by atoms with E-state index in [9.17, 15) is 15.2 Å². The van der Waals surface area contributed by atoms with Crippen LogP contribution in [0.4, 0.5) is 11.6 Å². The van der Waals surface area contributed by atoms with Crippen LogP contribution in [-0.4, -0.2) is 36.0 Å². The van der Waals surface area contributed by atoms with E-state index in [0.717, 1.165) is 16.5 Å². The monoisotopic (exact) mass is 439 g/mol. The summed E-state index contributed by atoms with van der Waals surface area (Å²) in [4.78, 5) is 15.0. The first kappa shape index (κ1) is 20.1. The number of hydrogen-bond donors (Lipinski definition) is 2. The highest BCUT2D eigenvalue weighted by atomic mass is 16.6. The molecule has 10 heteroatoms. The topological polar surface area (TPSA) is 131 Å². The number of phenolic OH excluding ortho intramolecular Hbond substituents is 1. The van der Waals surface area contributed by atoms with Gasteiger partial charge in [0.1, 0.15) is 11.3 Å². The summed E-state index contributed by atoms with van der Waals surface area (Å²) in [7, 11) is 0. The van der Waals surface area contributed by atoms with Crippen LogP contribution in [0.2, 0.25) is 0 Å². The van der Waals surface area contributed by atoms with Gasteiger partial charge in [-0.3, -0.25) is 10.1 Å². The molecular weight excluding hydrogens is 422 g/mol. The molecule has 0 saturated heterocycles. The third-order valence-corrected chi connectivity index (χ3v) is 5.15. The zero-order valence-corrected chi connectivity index (χ0v) is 17.2. The molecule has 5 rings (SSSR count). The number of hydrazone groups is 1. The van der Waals surface area contributed by atoms with E-state index in [1.807, 2.05) is 54.6 Å². The number of anilines is 1. The van der Waals surface area contributed by atoms with Crippen molar-refractivity contribution in [2.45, 2.75) is 6.54 Å². The Labute approximate surface area is 187 Å². The van der Waals surface area contributed by atoms with Crippen LogP contribution in [0, 0.1) is 10.1 Å². The van der Waals surface area contributed by atoms with Crippen LogP contribution in [0.3, 0.4) is 0 Å². The minimum Gasteiger partial charge on any atom is -0.507 e. The molecule has 162 valence electrons. The maximum Gasteiger partial charge on any atom is 0.270 e. The Morgan fingerprint density at radius 2 is 1.85 bits per heavy atom. The summed E-state index contributed by atoms with van der Waals surface area (Å²) in [6.45, 7) is 0.605. The number of para-hydroxylation sites is 1. The summed E-state index contributed by atoms with van der Waals surface area (Å²) in [5.74, 6) is 0.0180. The average Bonchev–Trinajstić information content (AvgIpc) is 3.14. The van der Waals surface area contributed by atoms with Gasteiger partial charge in [0.15, 0.2) is 5.65 Å². The van der Waals surface area contributed by atoms with Crippen LogP contribution >= 0.6 is 0 Å². The molecule has 0 aliphatic rings. The molecule has 5 aromatic rings. The summed E-state index contributed by atoms with van der Waals surface area (Å²) in [5, 5.41) is 34.3. The van der Waals surface area contributed by atoms with Gasteiger partial charge in [-0.15, -0.1) is 10.2 Å². The molecule has 0 amide bonds. The highest BCUT2D eigenvalue weighted by Gasteiger charge is 2.15. The number of fused-ring (bicyclic) bond motifs is 3. The van der Waals surface area contributed by atoms with Gasteiger partial charge in [0.05, 0.1) is 16.7 Å². The summed E-state index contributed by atoms with van der Waals surface area (Å²) < 4.78 is 2.07. The molecule has 3 aromatic carbocycles. The van der Waals surface area contributed by atoms with E-state index in [1.165, 1.54) is 24.4 Å². The molecule has 0 aliphatic heterocycles. The van der Waals surface area contributed by atoms with E-state index < -0.39 is 4.92 Å². The second-order valence-electron chi connectivity index (χ2n) is 7.27. The number of phenols is 1. The van der Waals surface area contributed by atoms with Crippen LogP contribution in [-0.2, 0) is 6.54 Å². The molecule has 0 fully saturated rings. The van der Waals surface area contributed by atoms with Crippen molar-refractivity contribution in [3.8, 4) is 5.75 Å². The second-order valence-corrected chi connectivity index (χ2v) is 7.27. The first-order valence-electron chi connectivity index (χ1n) is 10.0. The Hall–Kier alpha value is -4.86. The lowest BCUT2D eigenvalue weighted by Gasteiger charge is -2.07. The van der Waals surface area contributed by atoms with Crippen molar-refractivity contribution in [1.29, 1.82) is 0 Å². The zero-order valence-electron chi connectivity index (χ0n) is 17.2. The van der Waals surface area contributed by atoms with Gasteiger partial charge in [-0.1, -0.05) is 48.5 Å². The number of aromatic hydroxyl groups is 1. The quantitative estimate of drug-likeness (QED) is 0.231. The van der Waals surface area contributed by atoms with E-state index in [1.54, 1.807) is 0 Å². The number of nitro benzene ring substituents is 1. The van der Waals surface area contributed by atoms with Crippen molar-refractivity contribution in [1.82, 2.24) is 19.7 Å². The van der Waals surface area contributed by atoms with Crippen molar-refractivity contribution >= 4 is 39.9 Å². The Kier molecular flexibility index (Phi) is 5.07. The molecule has 33 heavy (non-hydrogen) atoms.